The highest BCUT2D eigenvalue weighted by Crippen LogP contribution is 1.78. The van der Waals surface area contributed by atoms with Crippen molar-refractivity contribution in [3.05, 3.63) is 37.7 Å². The van der Waals surface area contributed by atoms with Crippen LogP contribution >= 0.6 is 0 Å². The third kappa shape index (κ3) is 4.97. The second-order valence-corrected chi connectivity index (χ2v) is 1.86. The summed E-state index contributed by atoms with van der Waals surface area (Å²) in [7, 11) is 0. The van der Waals surface area contributed by atoms with Crippen molar-refractivity contribution < 1.29 is 0 Å². The topological polar surface area (TPSA) is 24.1 Å². The lowest BCUT2D eigenvalue weighted by atomic mass is 10.4. The molecule has 0 amide bonds. The van der Waals surface area contributed by atoms with Crippen LogP contribution in [0.3, 0.4) is 0 Å². The fourth-order valence-electron chi connectivity index (χ4n) is 0.474. The van der Waals surface area contributed by atoms with Gasteiger partial charge >= 0.3 is 0 Å². The van der Waals surface area contributed by atoms with Gasteiger partial charge < -0.3 is 10.6 Å². The van der Waals surface area contributed by atoms with Crippen LogP contribution in [0, 0.1) is 0 Å². The Morgan fingerprint density at radius 2 is 2.10 bits per heavy atom. The summed E-state index contributed by atoms with van der Waals surface area (Å²) in [6.45, 7) is 12.3. The molecule has 0 saturated heterocycles. The molecule has 10 heavy (non-hydrogen) atoms. The zero-order valence-electron chi connectivity index (χ0n) is 6.19. The van der Waals surface area contributed by atoms with Crippen LogP contribution in [-0.2, 0) is 0 Å². The van der Waals surface area contributed by atoms with E-state index >= 15 is 0 Å². The quantitative estimate of drug-likeness (QED) is 0.535. The van der Waals surface area contributed by atoms with Crippen LogP contribution in [-0.4, -0.2) is 13.1 Å². The summed E-state index contributed by atoms with van der Waals surface area (Å²) in [5, 5.41) is 5.97. The molecule has 0 aliphatic carbocycles. The molecule has 0 aliphatic rings. The minimum absolute atomic E-state index is 0.720. The Balaban J connectivity index is 3.24. The number of hydrogen-bond donors (Lipinski definition) is 2. The molecular weight excluding hydrogens is 124 g/mol. The lowest BCUT2D eigenvalue weighted by Gasteiger charge is -2.05. The van der Waals surface area contributed by atoms with Crippen molar-refractivity contribution in [1.82, 2.24) is 10.6 Å². The van der Waals surface area contributed by atoms with E-state index < -0.39 is 0 Å². The van der Waals surface area contributed by atoms with Gasteiger partial charge in [0.2, 0.25) is 0 Å². The first-order valence-electron chi connectivity index (χ1n) is 3.18. The van der Waals surface area contributed by atoms with E-state index in [0.717, 1.165) is 18.8 Å². The Hall–Kier alpha value is -1.18. The van der Waals surface area contributed by atoms with Gasteiger partial charge in [-0.05, 0) is 6.20 Å². The predicted molar refractivity (Wildman–Crippen MR) is 45.5 cm³/mol. The molecule has 56 valence electrons. The third-order valence-corrected chi connectivity index (χ3v) is 0.956. The Labute approximate surface area is 62.3 Å². The monoisotopic (exact) mass is 138 g/mol. The molecule has 0 rings (SSSR count). The Bertz CT molecular complexity index is 113. The maximum Gasteiger partial charge on any atom is 0.0536 e. The molecular formula is C8H14N2. The van der Waals surface area contributed by atoms with Crippen LogP contribution in [0.4, 0.5) is 0 Å². The molecule has 0 aromatic heterocycles. The van der Waals surface area contributed by atoms with Gasteiger partial charge in [0.1, 0.15) is 0 Å². The molecule has 2 N–H and O–H groups in total. The number of nitrogens with one attached hydrogen (secondary N) is 2. The van der Waals surface area contributed by atoms with E-state index in [0.29, 0.717) is 0 Å². The second kappa shape index (κ2) is 5.95. The lowest BCUT2D eigenvalue weighted by molar-refractivity contribution is 0.814. The van der Waals surface area contributed by atoms with Crippen molar-refractivity contribution in [1.29, 1.82) is 0 Å². The summed E-state index contributed by atoms with van der Waals surface area (Å²) in [4.78, 5) is 0. The first kappa shape index (κ1) is 8.82. The highest BCUT2D eigenvalue weighted by Gasteiger charge is 1.85. The molecule has 0 heterocycles. The van der Waals surface area contributed by atoms with E-state index in [-0.39, 0.29) is 0 Å². The Kier molecular flexibility index (Phi) is 5.25. The zero-order chi connectivity index (χ0) is 7.82. The normalized spacial score (nSPS) is 8.00. The van der Waals surface area contributed by atoms with E-state index in [4.69, 9.17) is 0 Å². The van der Waals surface area contributed by atoms with Gasteiger partial charge in [-0.2, -0.15) is 0 Å². The van der Waals surface area contributed by atoms with Crippen molar-refractivity contribution in [3.8, 4) is 0 Å². The van der Waals surface area contributed by atoms with E-state index in [1.54, 1.807) is 12.3 Å². The highest BCUT2D eigenvalue weighted by atomic mass is 14.9. The van der Waals surface area contributed by atoms with Crippen LogP contribution in [0.1, 0.15) is 0 Å². The fraction of sp³-hybridized carbons (Fsp3) is 0.250. The third-order valence-electron chi connectivity index (χ3n) is 0.956. The zero-order valence-corrected chi connectivity index (χ0v) is 6.19. The summed E-state index contributed by atoms with van der Waals surface area (Å²) in [5.74, 6) is 0. The molecule has 2 nitrogen and oxygen atoms in total. The van der Waals surface area contributed by atoms with Crippen LogP contribution in [0.2, 0.25) is 0 Å². The summed E-state index contributed by atoms with van der Waals surface area (Å²) in [5.41, 5.74) is 0.944. The van der Waals surface area contributed by atoms with Crippen molar-refractivity contribution >= 4 is 0 Å². The van der Waals surface area contributed by atoms with Crippen molar-refractivity contribution in [2.45, 2.75) is 0 Å². The molecule has 0 aromatic carbocycles. The first-order valence-corrected chi connectivity index (χ1v) is 3.18. The van der Waals surface area contributed by atoms with Crippen molar-refractivity contribution in [2.24, 2.45) is 0 Å². The molecule has 2 heteroatoms. The minimum atomic E-state index is 0.720. The molecule has 0 spiro atoms. The smallest absolute Gasteiger partial charge is 0.0536 e. The second-order valence-electron chi connectivity index (χ2n) is 1.86. The summed E-state index contributed by atoms with van der Waals surface area (Å²) in [6, 6.07) is 0. The molecule has 0 radical (unpaired) electrons. The van der Waals surface area contributed by atoms with Crippen molar-refractivity contribution in [3.63, 3.8) is 0 Å². The molecule has 0 unspecified atom stereocenters. The molecule has 0 aliphatic heterocycles. The maximum atomic E-state index is 3.76. The van der Waals surface area contributed by atoms with E-state index in [9.17, 15) is 0 Å². The fourth-order valence-corrected chi connectivity index (χ4v) is 0.474. The minimum Gasteiger partial charge on any atom is -0.386 e. The van der Waals surface area contributed by atoms with Crippen LogP contribution in [0.25, 0.3) is 0 Å². The number of hydrogen-bond acceptors (Lipinski definition) is 2. The largest absolute Gasteiger partial charge is 0.386 e. The lowest BCUT2D eigenvalue weighted by Crippen LogP contribution is -2.21. The molecule has 0 bridgehead atoms. The molecule has 0 saturated carbocycles. The molecule has 0 aromatic rings. The summed E-state index contributed by atoms with van der Waals surface area (Å²) in [6.07, 6.45) is 3.43. The average molecular weight is 138 g/mol. The van der Waals surface area contributed by atoms with Gasteiger partial charge in [0.15, 0.2) is 0 Å². The standard InChI is InChI=1S/C8H14N2/c1-4-6-10-8(3)7-9-5-2/h4-5,9-10H,1-3,6-7H2. The summed E-state index contributed by atoms with van der Waals surface area (Å²) >= 11 is 0. The first-order chi connectivity index (χ1) is 4.81. The van der Waals surface area contributed by atoms with Gasteiger partial charge in [-0.1, -0.05) is 19.2 Å². The van der Waals surface area contributed by atoms with Gasteiger partial charge in [0.05, 0.1) is 6.54 Å². The van der Waals surface area contributed by atoms with Crippen LogP contribution in [0.5, 0.6) is 0 Å². The Morgan fingerprint density at radius 1 is 1.40 bits per heavy atom. The van der Waals surface area contributed by atoms with Crippen LogP contribution in [0.15, 0.2) is 37.7 Å². The Morgan fingerprint density at radius 3 is 2.60 bits per heavy atom. The predicted octanol–water partition coefficient (Wildman–Crippen LogP) is 1.01. The van der Waals surface area contributed by atoms with Gasteiger partial charge in [-0.15, -0.1) is 6.58 Å². The SMILES string of the molecule is C=CCNC(=C)CNC=C. The summed E-state index contributed by atoms with van der Waals surface area (Å²) < 4.78 is 0. The van der Waals surface area contributed by atoms with Gasteiger partial charge in [-0.25, -0.2) is 0 Å². The number of rotatable bonds is 6. The van der Waals surface area contributed by atoms with E-state index in [1.165, 1.54) is 0 Å². The molecule has 0 atom stereocenters. The highest BCUT2D eigenvalue weighted by molar-refractivity contribution is 4.96. The average Bonchev–Trinajstić information content (AvgIpc) is 1.97. The molecule has 0 fully saturated rings. The van der Waals surface area contributed by atoms with E-state index in [1.807, 2.05) is 0 Å². The van der Waals surface area contributed by atoms with Gasteiger partial charge in [0, 0.05) is 12.2 Å². The maximum absolute atomic E-state index is 3.76. The van der Waals surface area contributed by atoms with Crippen molar-refractivity contribution in [2.75, 3.05) is 13.1 Å². The van der Waals surface area contributed by atoms with E-state index in [2.05, 4.69) is 30.4 Å². The van der Waals surface area contributed by atoms with Crippen LogP contribution < -0.4 is 10.6 Å². The van der Waals surface area contributed by atoms with Gasteiger partial charge in [-0.3, -0.25) is 0 Å². The van der Waals surface area contributed by atoms with Gasteiger partial charge in [0.25, 0.3) is 0 Å².